The van der Waals surface area contributed by atoms with Gasteiger partial charge in [0, 0.05) is 6.07 Å². The number of Topliss-reactive ketones (excluding diaryl/α,β-unsaturated/α-hetero) is 1. The highest BCUT2D eigenvalue weighted by atomic mass is 19.1. The zero-order valence-electron chi connectivity index (χ0n) is 7.85. The Balaban J connectivity index is 3.28. The van der Waals surface area contributed by atoms with Crippen LogP contribution in [-0.4, -0.2) is 12.9 Å². The van der Waals surface area contributed by atoms with Crippen molar-refractivity contribution in [2.24, 2.45) is 0 Å². The van der Waals surface area contributed by atoms with E-state index in [0.717, 1.165) is 5.56 Å². The summed E-state index contributed by atoms with van der Waals surface area (Å²) in [6, 6.07) is 2.72. The van der Waals surface area contributed by atoms with E-state index in [4.69, 9.17) is 4.74 Å². The lowest BCUT2D eigenvalue weighted by molar-refractivity contribution is 0.101. The second-order valence-electron chi connectivity index (χ2n) is 2.86. The summed E-state index contributed by atoms with van der Waals surface area (Å²) in [7, 11) is 1.47. The number of ketones is 1. The van der Waals surface area contributed by atoms with Gasteiger partial charge in [-0.05, 0) is 25.5 Å². The SMILES string of the molecule is COc1cc(F)c(C(C)=O)cc1C. The Hall–Kier alpha value is -1.38. The van der Waals surface area contributed by atoms with E-state index < -0.39 is 5.82 Å². The van der Waals surface area contributed by atoms with Crippen LogP contribution in [0.5, 0.6) is 5.75 Å². The molecule has 0 spiro atoms. The minimum atomic E-state index is -0.532. The largest absolute Gasteiger partial charge is 0.496 e. The Morgan fingerprint density at radius 3 is 2.54 bits per heavy atom. The smallest absolute Gasteiger partial charge is 0.162 e. The van der Waals surface area contributed by atoms with E-state index in [1.807, 2.05) is 0 Å². The Labute approximate surface area is 76.3 Å². The topological polar surface area (TPSA) is 26.3 Å². The van der Waals surface area contributed by atoms with E-state index in [2.05, 4.69) is 0 Å². The van der Waals surface area contributed by atoms with Gasteiger partial charge >= 0.3 is 0 Å². The number of ether oxygens (including phenoxy) is 1. The quantitative estimate of drug-likeness (QED) is 0.656. The lowest BCUT2D eigenvalue weighted by atomic mass is 10.1. The second kappa shape index (κ2) is 3.56. The normalized spacial score (nSPS) is 9.85. The number of benzene rings is 1. The lowest BCUT2D eigenvalue weighted by Gasteiger charge is -2.06. The number of carbonyl (C=O) groups is 1. The maximum absolute atomic E-state index is 13.2. The number of methoxy groups -OCH3 is 1. The van der Waals surface area contributed by atoms with E-state index in [1.54, 1.807) is 6.92 Å². The van der Waals surface area contributed by atoms with Crippen molar-refractivity contribution in [3.8, 4) is 5.75 Å². The third-order valence-corrected chi connectivity index (χ3v) is 1.86. The van der Waals surface area contributed by atoms with Crippen LogP contribution >= 0.6 is 0 Å². The van der Waals surface area contributed by atoms with Gasteiger partial charge in [0.1, 0.15) is 11.6 Å². The molecule has 0 aliphatic rings. The maximum atomic E-state index is 13.2. The molecule has 0 fully saturated rings. The van der Waals surface area contributed by atoms with Gasteiger partial charge in [-0.1, -0.05) is 0 Å². The van der Waals surface area contributed by atoms with Crippen LogP contribution in [0.2, 0.25) is 0 Å². The summed E-state index contributed by atoms with van der Waals surface area (Å²) in [6.07, 6.45) is 0. The van der Waals surface area contributed by atoms with Crippen LogP contribution < -0.4 is 4.74 Å². The predicted octanol–water partition coefficient (Wildman–Crippen LogP) is 2.35. The predicted molar refractivity (Wildman–Crippen MR) is 47.7 cm³/mol. The van der Waals surface area contributed by atoms with Crippen LogP contribution in [0.15, 0.2) is 12.1 Å². The van der Waals surface area contributed by atoms with Gasteiger partial charge in [-0.25, -0.2) is 4.39 Å². The number of aryl methyl sites for hydroxylation is 1. The zero-order valence-corrected chi connectivity index (χ0v) is 7.85. The maximum Gasteiger partial charge on any atom is 0.162 e. The molecule has 0 heterocycles. The third kappa shape index (κ3) is 1.86. The van der Waals surface area contributed by atoms with Gasteiger partial charge in [-0.15, -0.1) is 0 Å². The van der Waals surface area contributed by atoms with Crippen molar-refractivity contribution in [1.29, 1.82) is 0 Å². The van der Waals surface area contributed by atoms with E-state index in [0.29, 0.717) is 5.75 Å². The molecule has 0 saturated carbocycles. The molecule has 1 aromatic carbocycles. The van der Waals surface area contributed by atoms with Gasteiger partial charge in [0.2, 0.25) is 0 Å². The Bertz CT molecular complexity index is 345. The number of rotatable bonds is 2. The highest BCUT2D eigenvalue weighted by Gasteiger charge is 2.10. The van der Waals surface area contributed by atoms with Gasteiger partial charge in [0.05, 0.1) is 12.7 Å². The molecule has 0 bridgehead atoms. The molecule has 70 valence electrons. The standard InChI is InChI=1S/C10H11FO2/c1-6-4-8(7(2)12)9(11)5-10(6)13-3/h4-5H,1-3H3. The monoisotopic (exact) mass is 182 g/mol. The van der Waals surface area contributed by atoms with E-state index in [1.165, 1.54) is 26.2 Å². The zero-order chi connectivity index (χ0) is 10.0. The average Bonchev–Trinajstić information content (AvgIpc) is 2.07. The number of carbonyl (C=O) groups excluding carboxylic acids is 1. The van der Waals surface area contributed by atoms with Crippen LogP contribution in [0.4, 0.5) is 4.39 Å². The van der Waals surface area contributed by atoms with Crippen molar-refractivity contribution >= 4 is 5.78 Å². The highest BCUT2D eigenvalue weighted by molar-refractivity contribution is 5.94. The van der Waals surface area contributed by atoms with E-state index in [-0.39, 0.29) is 11.3 Å². The van der Waals surface area contributed by atoms with Gasteiger partial charge in [-0.3, -0.25) is 4.79 Å². The molecule has 0 saturated heterocycles. The molecular weight excluding hydrogens is 171 g/mol. The van der Waals surface area contributed by atoms with Crippen LogP contribution in [0.1, 0.15) is 22.8 Å². The Morgan fingerprint density at radius 2 is 2.08 bits per heavy atom. The van der Waals surface area contributed by atoms with Crippen LogP contribution in [-0.2, 0) is 0 Å². The molecule has 0 amide bonds. The average molecular weight is 182 g/mol. The summed E-state index contributed by atoms with van der Waals surface area (Å²) in [4.78, 5) is 10.9. The summed E-state index contributed by atoms with van der Waals surface area (Å²) in [6.45, 7) is 3.11. The van der Waals surface area contributed by atoms with Crippen molar-refractivity contribution in [2.75, 3.05) is 7.11 Å². The molecule has 1 aromatic rings. The first-order chi connectivity index (χ1) is 6.06. The van der Waals surface area contributed by atoms with Gasteiger partial charge in [0.15, 0.2) is 5.78 Å². The Morgan fingerprint density at radius 1 is 1.46 bits per heavy atom. The van der Waals surface area contributed by atoms with Crippen molar-refractivity contribution in [2.45, 2.75) is 13.8 Å². The minimum Gasteiger partial charge on any atom is -0.496 e. The first-order valence-electron chi connectivity index (χ1n) is 3.91. The molecule has 2 nitrogen and oxygen atoms in total. The fraction of sp³-hybridized carbons (Fsp3) is 0.300. The number of hydrogen-bond donors (Lipinski definition) is 0. The van der Waals surface area contributed by atoms with Crippen molar-refractivity contribution in [1.82, 2.24) is 0 Å². The summed E-state index contributed by atoms with van der Waals surface area (Å²) in [5.41, 5.74) is 0.868. The molecular formula is C10H11FO2. The molecule has 0 aliphatic heterocycles. The van der Waals surface area contributed by atoms with Gasteiger partial charge in [0.25, 0.3) is 0 Å². The number of halogens is 1. The molecule has 0 N–H and O–H groups in total. The van der Waals surface area contributed by atoms with E-state index in [9.17, 15) is 9.18 Å². The summed E-state index contributed by atoms with van der Waals surface area (Å²) in [5, 5.41) is 0. The molecule has 0 unspecified atom stereocenters. The first-order valence-corrected chi connectivity index (χ1v) is 3.91. The molecule has 0 aromatic heterocycles. The second-order valence-corrected chi connectivity index (χ2v) is 2.86. The van der Waals surface area contributed by atoms with Gasteiger partial charge < -0.3 is 4.74 Å². The molecule has 1 rings (SSSR count). The van der Waals surface area contributed by atoms with Crippen LogP contribution in [0.3, 0.4) is 0 Å². The molecule has 0 atom stereocenters. The Kier molecular flexibility index (Phi) is 2.66. The number of hydrogen-bond acceptors (Lipinski definition) is 2. The van der Waals surface area contributed by atoms with Crippen molar-refractivity contribution in [3.05, 3.63) is 29.1 Å². The fourth-order valence-corrected chi connectivity index (χ4v) is 1.15. The van der Waals surface area contributed by atoms with Crippen LogP contribution in [0.25, 0.3) is 0 Å². The molecule has 3 heteroatoms. The fourth-order valence-electron chi connectivity index (χ4n) is 1.15. The minimum absolute atomic E-state index is 0.110. The van der Waals surface area contributed by atoms with Gasteiger partial charge in [-0.2, -0.15) is 0 Å². The highest BCUT2D eigenvalue weighted by Crippen LogP contribution is 2.21. The third-order valence-electron chi connectivity index (χ3n) is 1.86. The van der Waals surface area contributed by atoms with Crippen LogP contribution in [0, 0.1) is 12.7 Å². The molecule has 0 aliphatic carbocycles. The van der Waals surface area contributed by atoms with Crippen molar-refractivity contribution < 1.29 is 13.9 Å². The molecule has 0 radical (unpaired) electrons. The van der Waals surface area contributed by atoms with Crippen molar-refractivity contribution in [3.63, 3.8) is 0 Å². The first kappa shape index (κ1) is 9.71. The lowest BCUT2D eigenvalue weighted by Crippen LogP contribution is -1.99. The summed E-state index contributed by atoms with van der Waals surface area (Å²) < 4.78 is 18.1. The van der Waals surface area contributed by atoms with E-state index >= 15 is 0 Å². The molecule has 13 heavy (non-hydrogen) atoms. The summed E-state index contributed by atoms with van der Waals surface area (Å²) in [5.74, 6) is -0.347. The summed E-state index contributed by atoms with van der Waals surface area (Å²) >= 11 is 0.